The highest BCUT2D eigenvalue weighted by atomic mass is 32.1. The first-order chi connectivity index (χ1) is 7.70. The maximum absolute atomic E-state index is 5.59. The minimum Gasteiger partial charge on any atom is -0.325 e. The van der Waals surface area contributed by atoms with Crippen molar-refractivity contribution in [3.63, 3.8) is 0 Å². The summed E-state index contributed by atoms with van der Waals surface area (Å²) in [5.74, 6) is 0. The Labute approximate surface area is 102 Å². The summed E-state index contributed by atoms with van der Waals surface area (Å²) in [4.78, 5) is 7.11. The van der Waals surface area contributed by atoms with Crippen LogP contribution in [0.3, 0.4) is 0 Å². The molecule has 1 aliphatic heterocycles. The van der Waals surface area contributed by atoms with Crippen molar-refractivity contribution in [3.05, 3.63) is 16.1 Å². The third-order valence-corrected chi connectivity index (χ3v) is 4.41. The molecule has 0 aliphatic carbocycles. The lowest BCUT2D eigenvalue weighted by atomic mass is 9.97. The van der Waals surface area contributed by atoms with Gasteiger partial charge in [-0.05, 0) is 26.7 Å². The van der Waals surface area contributed by atoms with Crippen molar-refractivity contribution in [2.24, 2.45) is 5.73 Å². The van der Waals surface area contributed by atoms with Crippen LogP contribution in [0, 0.1) is 0 Å². The second kappa shape index (κ2) is 5.25. The van der Waals surface area contributed by atoms with Crippen molar-refractivity contribution in [1.82, 2.24) is 9.88 Å². The zero-order valence-electron chi connectivity index (χ0n) is 10.1. The molecule has 4 heteroatoms. The van der Waals surface area contributed by atoms with Crippen molar-refractivity contribution in [3.8, 4) is 0 Å². The molecule has 0 radical (unpaired) electrons. The molecule has 2 rings (SSSR count). The number of aromatic nitrogens is 1. The molecule has 0 amide bonds. The van der Waals surface area contributed by atoms with E-state index in [1.807, 2.05) is 0 Å². The summed E-state index contributed by atoms with van der Waals surface area (Å²) in [7, 11) is 0. The van der Waals surface area contributed by atoms with Crippen LogP contribution in [-0.2, 0) is 13.1 Å². The monoisotopic (exact) mass is 239 g/mol. The lowest BCUT2D eigenvalue weighted by Gasteiger charge is -2.38. The molecule has 1 aliphatic rings. The molecule has 0 aromatic carbocycles. The maximum Gasteiger partial charge on any atom is 0.106 e. The van der Waals surface area contributed by atoms with Crippen molar-refractivity contribution >= 4 is 11.3 Å². The van der Waals surface area contributed by atoms with E-state index in [2.05, 4.69) is 29.1 Å². The normalized spacial score (nSPS) is 27.2. The fraction of sp³-hybridized carbons (Fsp3) is 0.750. The van der Waals surface area contributed by atoms with E-state index >= 15 is 0 Å². The van der Waals surface area contributed by atoms with Crippen LogP contribution < -0.4 is 5.73 Å². The number of hydrogen-bond acceptors (Lipinski definition) is 4. The number of rotatable bonds is 3. The standard InChI is InChI=1S/C12H21N3S/c1-9-4-3-5-10(2)15(9)7-11-8-16-12(6-13)14-11/h8-10H,3-7,13H2,1-2H3/t9-,10+. The number of nitrogens with zero attached hydrogens (tertiary/aromatic N) is 2. The Kier molecular flexibility index (Phi) is 3.95. The first-order valence-electron chi connectivity index (χ1n) is 6.09. The van der Waals surface area contributed by atoms with Crippen LogP contribution in [0.1, 0.15) is 43.8 Å². The summed E-state index contributed by atoms with van der Waals surface area (Å²) in [5, 5.41) is 3.20. The number of likely N-dealkylation sites (tertiary alicyclic amines) is 1. The molecule has 16 heavy (non-hydrogen) atoms. The van der Waals surface area contributed by atoms with E-state index in [9.17, 15) is 0 Å². The van der Waals surface area contributed by atoms with Gasteiger partial charge in [0.15, 0.2) is 0 Å². The van der Waals surface area contributed by atoms with Crippen LogP contribution in [0.4, 0.5) is 0 Å². The second-order valence-corrected chi connectivity index (χ2v) is 5.68. The van der Waals surface area contributed by atoms with Gasteiger partial charge in [0, 0.05) is 30.6 Å². The van der Waals surface area contributed by atoms with Gasteiger partial charge in [0.25, 0.3) is 0 Å². The van der Waals surface area contributed by atoms with Gasteiger partial charge in [-0.1, -0.05) is 6.42 Å². The Balaban J connectivity index is 2.01. The zero-order chi connectivity index (χ0) is 11.5. The first kappa shape index (κ1) is 12.0. The average Bonchev–Trinajstić information content (AvgIpc) is 2.71. The number of piperidine rings is 1. The molecule has 0 saturated carbocycles. The summed E-state index contributed by atoms with van der Waals surface area (Å²) in [6.07, 6.45) is 4.00. The Morgan fingerprint density at radius 1 is 1.44 bits per heavy atom. The molecule has 2 heterocycles. The van der Waals surface area contributed by atoms with E-state index < -0.39 is 0 Å². The fourth-order valence-electron chi connectivity index (χ4n) is 2.49. The van der Waals surface area contributed by atoms with Gasteiger partial charge in [0.1, 0.15) is 5.01 Å². The smallest absolute Gasteiger partial charge is 0.106 e. The van der Waals surface area contributed by atoms with Crippen molar-refractivity contribution in [1.29, 1.82) is 0 Å². The molecular weight excluding hydrogens is 218 g/mol. The second-order valence-electron chi connectivity index (χ2n) is 4.74. The Hall–Kier alpha value is -0.450. The maximum atomic E-state index is 5.59. The van der Waals surface area contributed by atoms with Crippen molar-refractivity contribution < 1.29 is 0 Å². The minimum absolute atomic E-state index is 0.565. The Morgan fingerprint density at radius 3 is 2.69 bits per heavy atom. The SMILES string of the molecule is C[C@@H]1CCC[C@H](C)N1Cc1csc(CN)n1. The average molecular weight is 239 g/mol. The number of thiazole rings is 1. The van der Waals surface area contributed by atoms with E-state index in [0.717, 1.165) is 11.6 Å². The lowest BCUT2D eigenvalue weighted by molar-refractivity contribution is 0.0940. The molecule has 0 spiro atoms. The highest BCUT2D eigenvalue weighted by Crippen LogP contribution is 2.24. The molecule has 1 aromatic heterocycles. The molecule has 2 N–H and O–H groups in total. The zero-order valence-corrected chi connectivity index (χ0v) is 11.0. The Bertz CT molecular complexity index is 327. The summed E-state index contributed by atoms with van der Waals surface area (Å²) in [6.45, 7) is 6.20. The van der Waals surface area contributed by atoms with Crippen molar-refractivity contribution in [2.75, 3.05) is 0 Å². The quantitative estimate of drug-likeness (QED) is 0.880. The third kappa shape index (κ3) is 2.62. The summed E-state index contributed by atoms with van der Waals surface area (Å²) < 4.78 is 0. The lowest BCUT2D eigenvalue weighted by Crippen LogP contribution is -2.43. The van der Waals surface area contributed by atoms with Gasteiger partial charge in [-0.2, -0.15) is 0 Å². The molecule has 2 atom stereocenters. The van der Waals surface area contributed by atoms with Crippen LogP contribution in [0.15, 0.2) is 5.38 Å². The first-order valence-corrected chi connectivity index (χ1v) is 6.97. The number of nitrogens with two attached hydrogens (primary N) is 1. The van der Waals surface area contributed by atoms with Gasteiger partial charge in [-0.3, -0.25) is 4.90 Å². The van der Waals surface area contributed by atoms with Gasteiger partial charge < -0.3 is 5.73 Å². The molecular formula is C12H21N3S. The highest BCUT2D eigenvalue weighted by molar-refractivity contribution is 7.09. The van der Waals surface area contributed by atoms with E-state index in [-0.39, 0.29) is 0 Å². The van der Waals surface area contributed by atoms with Gasteiger partial charge >= 0.3 is 0 Å². The third-order valence-electron chi connectivity index (χ3n) is 3.49. The molecule has 1 aromatic rings. The van der Waals surface area contributed by atoms with E-state index in [0.29, 0.717) is 18.6 Å². The van der Waals surface area contributed by atoms with E-state index in [1.165, 1.54) is 25.0 Å². The van der Waals surface area contributed by atoms with Crippen molar-refractivity contribution in [2.45, 2.75) is 58.3 Å². The summed E-state index contributed by atoms with van der Waals surface area (Å²) in [5.41, 5.74) is 6.77. The van der Waals surface area contributed by atoms with Crippen LogP contribution in [0.5, 0.6) is 0 Å². The Morgan fingerprint density at radius 2 is 2.12 bits per heavy atom. The molecule has 0 bridgehead atoms. The summed E-state index contributed by atoms with van der Waals surface area (Å²) >= 11 is 1.68. The van der Waals surface area contributed by atoms with Gasteiger partial charge in [0.05, 0.1) is 5.69 Å². The van der Waals surface area contributed by atoms with Gasteiger partial charge in [-0.15, -0.1) is 11.3 Å². The van der Waals surface area contributed by atoms with Crippen LogP contribution in [0.2, 0.25) is 0 Å². The molecule has 1 saturated heterocycles. The topological polar surface area (TPSA) is 42.1 Å². The van der Waals surface area contributed by atoms with E-state index in [4.69, 9.17) is 5.73 Å². The predicted molar refractivity (Wildman–Crippen MR) is 68.3 cm³/mol. The molecule has 3 nitrogen and oxygen atoms in total. The van der Waals surface area contributed by atoms with Gasteiger partial charge in [0.2, 0.25) is 0 Å². The van der Waals surface area contributed by atoms with Crippen LogP contribution in [-0.4, -0.2) is 22.0 Å². The minimum atomic E-state index is 0.565. The largest absolute Gasteiger partial charge is 0.325 e. The van der Waals surface area contributed by atoms with Gasteiger partial charge in [-0.25, -0.2) is 4.98 Å². The highest BCUT2D eigenvalue weighted by Gasteiger charge is 2.25. The molecule has 1 fully saturated rings. The number of hydrogen-bond donors (Lipinski definition) is 1. The molecule has 90 valence electrons. The van der Waals surface area contributed by atoms with Crippen LogP contribution >= 0.6 is 11.3 Å². The fourth-order valence-corrected chi connectivity index (χ4v) is 3.15. The van der Waals surface area contributed by atoms with E-state index in [1.54, 1.807) is 11.3 Å². The molecule has 0 unspecified atom stereocenters. The summed E-state index contributed by atoms with van der Waals surface area (Å²) in [6, 6.07) is 1.37. The predicted octanol–water partition coefficient (Wildman–Crippen LogP) is 2.36. The van der Waals surface area contributed by atoms with Crippen LogP contribution in [0.25, 0.3) is 0 Å².